The zero-order valence-corrected chi connectivity index (χ0v) is 18.6. The van der Waals surface area contributed by atoms with Crippen molar-refractivity contribution in [2.24, 2.45) is 28.6 Å². The molecule has 0 aliphatic heterocycles. The number of aliphatic hydroxyl groups excluding tert-OH is 1. The quantitative estimate of drug-likeness (QED) is 0.393. The summed E-state index contributed by atoms with van der Waals surface area (Å²) in [4.78, 5) is 21.9. The van der Waals surface area contributed by atoms with Crippen LogP contribution in [0.4, 0.5) is 0 Å². The summed E-state index contributed by atoms with van der Waals surface area (Å²) in [5.41, 5.74) is -0.747. The van der Waals surface area contributed by atoms with Gasteiger partial charge in [0.15, 0.2) is 0 Å². The molecule has 29 heavy (non-hydrogen) atoms. The van der Waals surface area contributed by atoms with Crippen LogP contribution in [0.3, 0.4) is 0 Å². The van der Waals surface area contributed by atoms with Gasteiger partial charge in [-0.1, -0.05) is 33.6 Å². The number of ether oxygens (including phenoxy) is 1. The molecule has 2 aliphatic carbocycles. The van der Waals surface area contributed by atoms with Gasteiger partial charge in [-0.2, -0.15) is 0 Å². The van der Waals surface area contributed by atoms with Crippen LogP contribution in [0.5, 0.6) is 0 Å². The second-order valence-corrected chi connectivity index (χ2v) is 10.4. The van der Waals surface area contributed by atoms with Gasteiger partial charge < -0.3 is 20.1 Å². The molecule has 6 heteroatoms. The van der Waals surface area contributed by atoms with Crippen molar-refractivity contribution in [1.29, 1.82) is 0 Å². The van der Waals surface area contributed by atoms with Gasteiger partial charge in [-0.05, 0) is 74.0 Å². The Labute approximate surface area is 175 Å². The molecular weight excluding hydrogens is 372 g/mol. The molecule has 0 aromatic carbocycles. The Kier molecular flexibility index (Phi) is 7.77. The molecule has 2 aliphatic rings. The molecule has 0 radical (unpaired) electrons. The number of carbonyl (C=O) groups is 2. The minimum Gasteiger partial charge on any atom is -0.481 e. The van der Waals surface area contributed by atoms with E-state index in [0.29, 0.717) is 18.3 Å². The molecule has 0 spiro atoms. The zero-order valence-electron chi connectivity index (χ0n) is 18.6. The van der Waals surface area contributed by atoms with Crippen LogP contribution in [0, 0.1) is 28.6 Å². The van der Waals surface area contributed by atoms with Crippen LogP contribution >= 0.6 is 0 Å². The summed E-state index contributed by atoms with van der Waals surface area (Å²) >= 11 is 0. The van der Waals surface area contributed by atoms with E-state index in [-0.39, 0.29) is 30.0 Å². The van der Waals surface area contributed by atoms with Crippen LogP contribution < -0.4 is 0 Å². The molecule has 2 saturated carbocycles. The van der Waals surface area contributed by atoms with E-state index in [1.165, 1.54) is 0 Å². The monoisotopic (exact) mass is 412 g/mol. The fourth-order valence-corrected chi connectivity index (χ4v) is 6.41. The predicted octanol–water partition coefficient (Wildman–Crippen LogP) is 3.78. The molecule has 0 bridgehead atoms. The standard InChI is InChI=1S/C23H40O6/c1-16(9-13-29-20(27)14-19(25)26)6-7-18-22(3)11-5-10-21(2,15-24)17(22)8-12-23(18,4)28/h16-18,24,28H,5-15H2,1-4H3,(H,25,26)/t16-,17+,18-,21+,22+,23-/m0/s1. The van der Waals surface area contributed by atoms with Gasteiger partial charge >= 0.3 is 11.9 Å². The van der Waals surface area contributed by atoms with Gasteiger partial charge in [0, 0.05) is 6.61 Å². The first-order valence-corrected chi connectivity index (χ1v) is 11.2. The van der Waals surface area contributed by atoms with Crippen molar-refractivity contribution in [1.82, 2.24) is 0 Å². The first kappa shape index (κ1) is 24.1. The second-order valence-electron chi connectivity index (χ2n) is 10.4. The van der Waals surface area contributed by atoms with E-state index in [1.54, 1.807) is 0 Å². The first-order valence-electron chi connectivity index (χ1n) is 11.2. The summed E-state index contributed by atoms with van der Waals surface area (Å²) < 4.78 is 5.01. The second kappa shape index (κ2) is 9.34. The summed E-state index contributed by atoms with van der Waals surface area (Å²) in [6, 6.07) is 0. The number of carbonyl (C=O) groups excluding carboxylic acids is 1. The van der Waals surface area contributed by atoms with E-state index in [1.807, 2.05) is 6.92 Å². The Morgan fingerprint density at radius 3 is 2.45 bits per heavy atom. The Morgan fingerprint density at radius 2 is 1.83 bits per heavy atom. The van der Waals surface area contributed by atoms with Crippen molar-refractivity contribution in [3.05, 3.63) is 0 Å². The van der Waals surface area contributed by atoms with E-state index < -0.39 is 24.0 Å². The SMILES string of the molecule is C[C@H](CCOC(=O)CC(=O)O)CC[C@H]1[C@]2(C)CCC[C@](C)(CO)[C@H]2CC[C@]1(C)O. The van der Waals surface area contributed by atoms with Gasteiger partial charge in [-0.15, -0.1) is 0 Å². The van der Waals surface area contributed by atoms with Crippen LogP contribution in [0.1, 0.15) is 85.5 Å². The van der Waals surface area contributed by atoms with E-state index in [2.05, 4.69) is 20.8 Å². The van der Waals surface area contributed by atoms with E-state index in [4.69, 9.17) is 9.84 Å². The number of rotatable bonds is 9. The largest absolute Gasteiger partial charge is 0.481 e. The third-order valence-corrected chi connectivity index (χ3v) is 8.07. The highest BCUT2D eigenvalue weighted by atomic mass is 16.5. The highest BCUT2D eigenvalue weighted by molar-refractivity contribution is 5.90. The van der Waals surface area contributed by atoms with Gasteiger partial charge in [0.1, 0.15) is 6.42 Å². The average molecular weight is 413 g/mol. The van der Waals surface area contributed by atoms with Gasteiger partial charge in [0.2, 0.25) is 0 Å². The molecule has 0 unspecified atom stereocenters. The normalized spacial score (nSPS) is 38.1. The Morgan fingerprint density at radius 1 is 1.14 bits per heavy atom. The third-order valence-electron chi connectivity index (χ3n) is 8.07. The van der Waals surface area contributed by atoms with Crippen molar-refractivity contribution in [3.8, 4) is 0 Å². The lowest BCUT2D eigenvalue weighted by Crippen LogP contribution is -2.58. The van der Waals surface area contributed by atoms with Crippen molar-refractivity contribution < 1.29 is 29.6 Å². The fourth-order valence-electron chi connectivity index (χ4n) is 6.41. The number of carboxylic acid groups (broad SMARTS) is 1. The van der Waals surface area contributed by atoms with Gasteiger partial charge in [-0.25, -0.2) is 0 Å². The van der Waals surface area contributed by atoms with Crippen LogP contribution in [0.15, 0.2) is 0 Å². The van der Waals surface area contributed by atoms with E-state index >= 15 is 0 Å². The molecule has 0 saturated heterocycles. The van der Waals surface area contributed by atoms with Crippen molar-refractivity contribution in [2.75, 3.05) is 13.2 Å². The first-order chi connectivity index (χ1) is 13.4. The molecule has 0 amide bonds. The molecular formula is C23H40O6. The molecule has 2 rings (SSSR count). The van der Waals surface area contributed by atoms with E-state index in [0.717, 1.165) is 44.9 Å². The zero-order chi connectivity index (χ0) is 21.9. The van der Waals surface area contributed by atoms with Crippen molar-refractivity contribution in [3.63, 3.8) is 0 Å². The summed E-state index contributed by atoms with van der Waals surface area (Å²) in [5.74, 6) is -0.947. The molecule has 6 nitrogen and oxygen atoms in total. The Bertz CT molecular complexity index is 588. The highest BCUT2D eigenvalue weighted by Gasteiger charge is 2.58. The Balaban J connectivity index is 1.96. The summed E-state index contributed by atoms with van der Waals surface area (Å²) in [6.07, 6.45) is 6.90. The number of carboxylic acids is 1. The number of hydrogen-bond donors (Lipinski definition) is 3. The van der Waals surface area contributed by atoms with Crippen molar-refractivity contribution >= 4 is 11.9 Å². The highest BCUT2D eigenvalue weighted by Crippen LogP contribution is 2.63. The van der Waals surface area contributed by atoms with Gasteiger partial charge in [-0.3, -0.25) is 9.59 Å². The maximum Gasteiger partial charge on any atom is 0.317 e. The molecule has 2 fully saturated rings. The number of esters is 1. The van der Waals surface area contributed by atoms with E-state index in [9.17, 15) is 19.8 Å². The van der Waals surface area contributed by atoms with Crippen LogP contribution in [-0.2, 0) is 14.3 Å². The number of aliphatic carboxylic acids is 1. The molecule has 0 aromatic heterocycles. The fraction of sp³-hybridized carbons (Fsp3) is 0.913. The lowest BCUT2D eigenvalue weighted by atomic mass is 9.45. The lowest BCUT2D eigenvalue weighted by Gasteiger charge is -2.61. The summed E-state index contributed by atoms with van der Waals surface area (Å²) in [6.45, 7) is 9.06. The minimum atomic E-state index is -1.17. The van der Waals surface area contributed by atoms with Gasteiger partial charge in [0.05, 0.1) is 12.2 Å². The molecule has 0 heterocycles. The van der Waals surface area contributed by atoms with Gasteiger partial charge in [0.25, 0.3) is 0 Å². The summed E-state index contributed by atoms with van der Waals surface area (Å²) in [7, 11) is 0. The minimum absolute atomic E-state index is 0.0190. The maximum atomic E-state index is 11.4. The number of fused-ring (bicyclic) bond motifs is 1. The molecule has 6 atom stereocenters. The summed E-state index contributed by atoms with van der Waals surface area (Å²) in [5, 5.41) is 29.9. The maximum absolute atomic E-state index is 11.4. The van der Waals surface area contributed by atoms with Crippen LogP contribution in [0.2, 0.25) is 0 Å². The molecule has 0 aromatic rings. The lowest BCUT2D eigenvalue weighted by molar-refractivity contribution is -0.180. The predicted molar refractivity (Wildman–Crippen MR) is 110 cm³/mol. The Hall–Kier alpha value is -1.14. The average Bonchev–Trinajstić information content (AvgIpc) is 2.59. The number of aliphatic hydroxyl groups is 2. The smallest absolute Gasteiger partial charge is 0.317 e. The molecule has 3 N–H and O–H groups in total. The van der Waals surface area contributed by atoms with Crippen LogP contribution in [0.25, 0.3) is 0 Å². The number of hydrogen-bond acceptors (Lipinski definition) is 5. The topological polar surface area (TPSA) is 104 Å². The molecule has 168 valence electrons. The third kappa shape index (κ3) is 5.52. The van der Waals surface area contributed by atoms with Crippen molar-refractivity contribution in [2.45, 2.75) is 91.1 Å². The van der Waals surface area contributed by atoms with Crippen LogP contribution in [-0.4, -0.2) is 46.1 Å².